The minimum Gasteiger partial charge on any atom is -0.493 e. The normalized spacial score (nSPS) is 19.9. The SMILES string of the molecule is O=C(NCc1ccccc1CN1CCCCCC1)C1CCOc2ccccc21. The molecule has 1 amide bonds. The first-order valence-electron chi connectivity index (χ1n) is 10.6. The van der Waals surface area contributed by atoms with Gasteiger partial charge >= 0.3 is 0 Å². The standard InChI is InChI=1S/C24H30N2O2/c27-24(22-13-16-28-23-12-6-5-11-21(22)23)25-17-19-9-3-4-10-20(19)18-26-14-7-1-2-8-15-26/h3-6,9-12,22H,1-2,7-8,13-18H2,(H,25,27). The van der Waals surface area contributed by atoms with Crippen molar-refractivity contribution >= 4 is 5.91 Å². The summed E-state index contributed by atoms with van der Waals surface area (Å²) in [5, 5.41) is 3.19. The van der Waals surface area contributed by atoms with Gasteiger partial charge in [0.2, 0.25) is 5.91 Å². The van der Waals surface area contributed by atoms with E-state index in [9.17, 15) is 4.79 Å². The second-order valence-corrected chi connectivity index (χ2v) is 7.90. The van der Waals surface area contributed by atoms with Gasteiger partial charge in [-0.15, -0.1) is 0 Å². The van der Waals surface area contributed by atoms with Crippen LogP contribution in [-0.4, -0.2) is 30.5 Å². The number of benzene rings is 2. The van der Waals surface area contributed by atoms with Crippen molar-refractivity contribution in [2.75, 3.05) is 19.7 Å². The van der Waals surface area contributed by atoms with Crippen molar-refractivity contribution in [3.8, 4) is 5.75 Å². The van der Waals surface area contributed by atoms with Crippen LogP contribution in [0.5, 0.6) is 5.75 Å². The van der Waals surface area contributed by atoms with Crippen LogP contribution < -0.4 is 10.1 Å². The molecule has 0 radical (unpaired) electrons. The molecule has 1 fully saturated rings. The molecule has 0 bridgehead atoms. The Kier molecular flexibility index (Phi) is 6.27. The molecule has 0 saturated carbocycles. The zero-order valence-electron chi connectivity index (χ0n) is 16.5. The average molecular weight is 379 g/mol. The molecule has 0 aromatic heterocycles. The van der Waals surface area contributed by atoms with Gasteiger partial charge in [0.15, 0.2) is 0 Å². The Balaban J connectivity index is 1.41. The van der Waals surface area contributed by atoms with Gasteiger partial charge in [-0.05, 0) is 49.5 Å². The topological polar surface area (TPSA) is 41.6 Å². The van der Waals surface area contributed by atoms with Crippen LogP contribution in [0.4, 0.5) is 0 Å². The van der Waals surface area contributed by atoms with Crippen molar-refractivity contribution in [2.24, 2.45) is 0 Å². The van der Waals surface area contributed by atoms with E-state index in [2.05, 4.69) is 34.5 Å². The van der Waals surface area contributed by atoms with Crippen LogP contribution in [0.3, 0.4) is 0 Å². The van der Waals surface area contributed by atoms with Crippen LogP contribution in [-0.2, 0) is 17.9 Å². The number of nitrogens with zero attached hydrogens (tertiary/aromatic N) is 1. The smallest absolute Gasteiger partial charge is 0.228 e. The molecule has 1 unspecified atom stereocenters. The number of nitrogens with one attached hydrogen (secondary N) is 1. The number of likely N-dealkylation sites (tertiary alicyclic amines) is 1. The van der Waals surface area contributed by atoms with E-state index in [4.69, 9.17) is 4.74 Å². The summed E-state index contributed by atoms with van der Waals surface area (Å²) in [6.07, 6.45) is 6.02. The number of fused-ring (bicyclic) bond motifs is 1. The van der Waals surface area contributed by atoms with E-state index in [0.29, 0.717) is 13.2 Å². The fourth-order valence-electron chi connectivity index (χ4n) is 4.34. The summed E-state index contributed by atoms with van der Waals surface area (Å²) in [4.78, 5) is 15.5. The predicted molar refractivity (Wildman–Crippen MR) is 111 cm³/mol. The van der Waals surface area contributed by atoms with Gasteiger partial charge in [-0.25, -0.2) is 0 Å². The molecule has 1 N–H and O–H groups in total. The summed E-state index contributed by atoms with van der Waals surface area (Å²) in [5.41, 5.74) is 3.56. The van der Waals surface area contributed by atoms with E-state index in [0.717, 1.165) is 24.3 Å². The maximum Gasteiger partial charge on any atom is 0.228 e. The van der Waals surface area contributed by atoms with Gasteiger partial charge in [0.25, 0.3) is 0 Å². The van der Waals surface area contributed by atoms with Gasteiger partial charge in [0.1, 0.15) is 5.75 Å². The van der Waals surface area contributed by atoms with Crippen LogP contribution in [0.15, 0.2) is 48.5 Å². The van der Waals surface area contributed by atoms with Crippen LogP contribution in [0.2, 0.25) is 0 Å². The molecular formula is C24H30N2O2. The number of hydrogen-bond acceptors (Lipinski definition) is 3. The van der Waals surface area contributed by atoms with Crippen LogP contribution in [0.25, 0.3) is 0 Å². The summed E-state index contributed by atoms with van der Waals surface area (Å²) >= 11 is 0. The van der Waals surface area contributed by atoms with Gasteiger partial charge in [-0.2, -0.15) is 0 Å². The van der Waals surface area contributed by atoms with Gasteiger partial charge in [-0.3, -0.25) is 9.69 Å². The lowest BCUT2D eigenvalue weighted by atomic mass is 9.92. The molecule has 4 nitrogen and oxygen atoms in total. The zero-order valence-corrected chi connectivity index (χ0v) is 16.5. The summed E-state index contributed by atoms with van der Waals surface area (Å²) in [7, 11) is 0. The number of carbonyl (C=O) groups is 1. The van der Waals surface area contributed by atoms with Crippen LogP contribution >= 0.6 is 0 Å². The van der Waals surface area contributed by atoms with Gasteiger partial charge in [0, 0.05) is 18.7 Å². The van der Waals surface area contributed by atoms with Crippen LogP contribution in [0, 0.1) is 0 Å². The number of amides is 1. The highest BCUT2D eigenvalue weighted by Gasteiger charge is 2.27. The molecule has 2 aliphatic heterocycles. The number of rotatable bonds is 5. The lowest BCUT2D eigenvalue weighted by Gasteiger charge is -2.25. The third-order valence-electron chi connectivity index (χ3n) is 5.94. The van der Waals surface area contributed by atoms with E-state index in [-0.39, 0.29) is 11.8 Å². The monoisotopic (exact) mass is 378 g/mol. The molecule has 0 aliphatic carbocycles. The largest absolute Gasteiger partial charge is 0.493 e. The third kappa shape index (κ3) is 4.56. The highest BCUT2D eigenvalue weighted by molar-refractivity contribution is 5.84. The van der Waals surface area contributed by atoms with E-state index >= 15 is 0 Å². The first-order valence-corrected chi connectivity index (χ1v) is 10.6. The Morgan fingerprint density at radius 3 is 2.50 bits per heavy atom. The van der Waals surface area contributed by atoms with Crippen molar-refractivity contribution in [1.29, 1.82) is 0 Å². The Hall–Kier alpha value is -2.33. The van der Waals surface area contributed by atoms with E-state index in [1.807, 2.05) is 24.3 Å². The molecule has 1 atom stereocenters. The minimum absolute atomic E-state index is 0.0975. The number of ether oxygens (including phenoxy) is 1. The van der Waals surface area contributed by atoms with Crippen molar-refractivity contribution in [2.45, 2.75) is 51.1 Å². The highest BCUT2D eigenvalue weighted by atomic mass is 16.5. The molecule has 148 valence electrons. The first-order chi connectivity index (χ1) is 13.8. The highest BCUT2D eigenvalue weighted by Crippen LogP contribution is 2.33. The number of para-hydroxylation sites is 1. The Labute approximate surface area is 167 Å². The fraction of sp³-hybridized carbons (Fsp3) is 0.458. The molecule has 1 saturated heterocycles. The number of hydrogen-bond donors (Lipinski definition) is 1. The summed E-state index contributed by atoms with van der Waals surface area (Å²) < 4.78 is 5.69. The first kappa shape index (κ1) is 19.0. The molecular weight excluding hydrogens is 348 g/mol. The van der Waals surface area contributed by atoms with Gasteiger partial charge < -0.3 is 10.1 Å². The Morgan fingerprint density at radius 2 is 1.68 bits per heavy atom. The molecule has 4 heteroatoms. The number of carbonyl (C=O) groups excluding carboxylic acids is 1. The van der Waals surface area contributed by atoms with Crippen molar-refractivity contribution in [1.82, 2.24) is 10.2 Å². The van der Waals surface area contributed by atoms with E-state index in [1.165, 1.54) is 49.9 Å². The van der Waals surface area contributed by atoms with Gasteiger partial charge in [-0.1, -0.05) is 55.3 Å². The lowest BCUT2D eigenvalue weighted by molar-refractivity contribution is -0.123. The van der Waals surface area contributed by atoms with Crippen molar-refractivity contribution in [3.05, 3.63) is 65.2 Å². The maximum absolute atomic E-state index is 12.9. The summed E-state index contributed by atoms with van der Waals surface area (Å²) in [6.45, 7) is 4.52. The molecule has 2 aromatic carbocycles. The van der Waals surface area contributed by atoms with Crippen LogP contribution in [0.1, 0.15) is 54.7 Å². The second kappa shape index (κ2) is 9.24. The predicted octanol–water partition coefficient (Wildman–Crippen LogP) is 4.25. The molecule has 28 heavy (non-hydrogen) atoms. The maximum atomic E-state index is 12.9. The summed E-state index contributed by atoms with van der Waals surface area (Å²) in [5.74, 6) is 0.818. The second-order valence-electron chi connectivity index (χ2n) is 7.90. The van der Waals surface area contributed by atoms with Gasteiger partial charge in [0.05, 0.1) is 12.5 Å². The quantitative estimate of drug-likeness (QED) is 0.846. The van der Waals surface area contributed by atoms with E-state index in [1.54, 1.807) is 0 Å². The fourth-order valence-corrected chi connectivity index (χ4v) is 4.34. The Morgan fingerprint density at radius 1 is 0.964 bits per heavy atom. The molecule has 0 spiro atoms. The minimum atomic E-state index is -0.122. The lowest BCUT2D eigenvalue weighted by Crippen LogP contribution is -2.32. The zero-order chi connectivity index (χ0) is 19.2. The Bertz CT molecular complexity index is 797. The van der Waals surface area contributed by atoms with Crippen molar-refractivity contribution < 1.29 is 9.53 Å². The molecule has 2 aromatic rings. The van der Waals surface area contributed by atoms with E-state index < -0.39 is 0 Å². The molecule has 4 rings (SSSR count). The average Bonchev–Trinajstić information content (AvgIpc) is 3.01. The molecule has 2 heterocycles. The molecule has 2 aliphatic rings. The summed E-state index contributed by atoms with van der Waals surface area (Å²) in [6, 6.07) is 16.4. The van der Waals surface area contributed by atoms with Crippen molar-refractivity contribution in [3.63, 3.8) is 0 Å². The third-order valence-corrected chi connectivity index (χ3v) is 5.94.